The Balaban J connectivity index is 1.85. The van der Waals surface area contributed by atoms with Crippen molar-refractivity contribution in [3.63, 3.8) is 0 Å². The van der Waals surface area contributed by atoms with Gasteiger partial charge in [-0.1, -0.05) is 17.7 Å². The molecular weight excluding hydrogens is 263 g/mol. The third kappa shape index (κ3) is 2.53. The lowest BCUT2D eigenvalue weighted by Crippen LogP contribution is -2.15. The minimum absolute atomic E-state index is 0.154. The van der Waals surface area contributed by atoms with E-state index in [1.165, 1.54) is 17.2 Å². The predicted octanol–water partition coefficient (Wildman–Crippen LogP) is 3.67. The molecule has 1 aliphatic carbocycles. The van der Waals surface area contributed by atoms with Gasteiger partial charge in [-0.15, -0.1) is 0 Å². The first-order valence-electron chi connectivity index (χ1n) is 6.51. The number of rotatable bonds is 2. The zero-order chi connectivity index (χ0) is 13.4. The van der Waals surface area contributed by atoms with E-state index in [1.54, 1.807) is 12.1 Å². The third-order valence-electron chi connectivity index (χ3n) is 3.71. The predicted molar refractivity (Wildman–Crippen MR) is 74.8 cm³/mol. The molecule has 0 saturated carbocycles. The van der Waals surface area contributed by atoms with Crippen LogP contribution in [0.1, 0.15) is 35.6 Å². The van der Waals surface area contributed by atoms with E-state index in [9.17, 15) is 4.39 Å². The lowest BCUT2D eigenvalue weighted by atomic mass is 9.92. The lowest BCUT2D eigenvalue weighted by Gasteiger charge is -2.17. The molecule has 19 heavy (non-hydrogen) atoms. The molecule has 0 spiro atoms. The van der Waals surface area contributed by atoms with E-state index in [4.69, 9.17) is 17.3 Å². The quantitative estimate of drug-likeness (QED) is 0.893. The molecule has 2 aromatic rings. The van der Waals surface area contributed by atoms with Gasteiger partial charge in [0.25, 0.3) is 0 Å². The summed E-state index contributed by atoms with van der Waals surface area (Å²) in [5.41, 5.74) is 9.70. The Bertz CT molecular complexity index is 606. The highest BCUT2D eigenvalue weighted by Crippen LogP contribution is 2.29. The SMILES string of the molecule is NC1CCCc2cn(Cc3ccc(F)c(Cl)c3)cc21. The Morgan fingerprint density at radius 2 is 2.21 bits per heavy atom. The Morgan fingerprint density at radius 1 is 1.37 bits per heavy atom. The fourth-order valence-corrected chi connectivity index (χ4v) is 2.93. The van der Waals surface area contributed by atoms with Gasteiger partial charge >= 0.3 is 0 Å². The molecule has 0 amide bonds. The lowest BCUT2D eigenvalue weighted by molar-refractivity contribution is 0.573. The zero-order valence-electron chi connectivity index (χ0n) is 10.6. The van der Waals surface area contributed by atoms with Gasteiger partial charge in [-0.3, -0.25) is 0 Å². The molecule has 0 fully saturated rings. The average molecular weight is 279 g/mol. The smallest absolute Gasteiger partial charge is 0.141 e. The Labute approximate surface area is 117 Å². The molecule has 0 radical (unpaired) electrons. The molecule has 2 N–H and O–H groups in total. The summed E-state index contributed by atoms with van der Waals surface area (Å²) in [5, 5.41) is 0.172. The molecule has 1 aromatic carbocycles. The normalized spacial score (nSPS) is 18.4. The standard InChI is InChI=1S/C15H16ClFN2/c16-13-6-10(4-5-14(13)17)7-19-8-11-2-1-3-15(18)12(11)9-19/h4-6,8-9,15H,1-3,7,18H2. The van der Waals surface area contributed by atoms with Crippen molar-refractivity contribution in [1.82, 2.24) is 4.57 Å². The molecule has 1 unspecified atom stereocenters. The van der Waals surface area contributed by atoms with Crippen molar-refractivity contribution in [2.45, 2.75) is 31.8 Å². The molecule has 1 aromatic heterocycles. The number of halogens is 2. The summed E-state index contributed by atoms with van der Waals surface area (Å²) in [7, 11) is 0. The molecule has 0 bridgehead atoms. The molecule has 1 aliphatic rings. The highest BCUT2D eigenvalue weighted by molar-refractivity contribution is 6.30. The fraction of sp³-hybridized carbons (Fsp3) is 0.333. The third-order valence-corrected chi connectivity index (χ3v) is 4.00. The maximum Gasteiger partial charge on any atom is 0.141 e. The van der Waals surface area contributed by atoms with Crippen molar-refractivity contribution in [2.24, 2.45) is 5.73 Å². The number of hydrogen-bond donors (Lipinski definition) is 1. The molecule has 3 rings (SSSR count). The van der Waals surface area contributed by atoms with Gasteiger partial charge in [0.2, 0.25) is 0 Å². The van der Waals surface area contributed by atoms with E-state index in [1.807, 2.05) is 0 Å². The van der Waals surface area contributed by atoms with Crippen molar-refractivity contribution >= 4 is 11.6 Å². The molecule has 4 heteroatoms. The van der Waals surface area contributed by atoms with Crippen LogP contribution in [0.25, 0.3) is 0 Å². The fourth-order valence-electron chi connectivity index (χ4n) is 2.72. The largest absolute Gasteiger partial charge is 0.349 e. The van der Waals surface area contributed by atoms with Crippen molar-refractivity contribution in [1.29, 1.82) is 0 Å². The first-order chi connectivity index (χ1) is 9.13. The summed E-state index contributed by atoms with van der Waals surface area (Å²) in [6.07, 6.45) is 7.56. The van der Waals surface area contributed by atoms with Gasteiger partial charge in [0.1, 0.15) is 5.82 Å². The minimum Gasteiger partial charge on any atom is -0.349 e. The Hall–Kier alpha value is -1.32. The molecule has 0 aliphatic heterocycles. The number of fused-ring (bicyclic) bond motifs is 1. The van der Waals surface area contributed by atoms with Gasteiger partial charge in [0.05, 0.1) is 5.02 Å². The van der Waals surface area contributed by atoms with Gasteiger partial charge in [0.15, 0.2) is 0 Å². The van der Waals surface area contributed by atoms with Crippen LogP contribution in [0, 0.1) is 5.82 Å². The summed E-state index contributed by atoms with van der Waals surface area (Å²) < 4.78 is 15.2. The number of aryl methyl sites for hydroxylation is 1. The van der Waals surface area contributed by atoms with Gasteiger partial charge < -0.3 is 10.3 Å². The van der Waals surface area contributed by atoms with E-state index in [0.717, 1.165) is 24.8 Å². The highest BCUT2D eigenvalue weighted by Gasteiger charge is 2.18. The Kier molecular flexibility index (Phi) is 3.33. The maximum atomic E-state index is 13.1. The van der Waals surface area contributed by atoms with Gasteiger partial charge in [-0.05, 0) is 48.1 Å². The van der Waals surface area contributed by atoms with Crippen molar-refractivity contribution in [2.75, 3.05) is 0 Å². The number of nitrogens with two attached hydrogens (primary N) is 1. The molecule has 100 valence electrons. The van der Waals surface area contributed by atoms with E-state index in [2.05, 4.69) is 17.0 Å². The molecular formula is C15H16ClFN2. The van der Waals surface area contributed by atoms with E-state index in [-0.39, 0.29) is 16.9 Å². The summed E-state index contributed by atoms with van der Waals surface area (Å²) in [6, 6.07) is 5.00. The summed E-state index contributed by atoms with van der Waals surface area (Å²) in [5.74, 6) is -0.376. The molecule has 2 nitrogen and oxygen atoms in total. The average Bonchev–Trinajstić information content (AvgIpc) is 2.78. The second-order valence-corrected chi connectivity index (χ2v) is 5.57. The summed E-state index contributed by atoms with van der Waals surface area (Å²) in [4.78, 5) is 0. The van der Waals surface area contributed by atoms with Crippen LogP contribution in [0.4, 0.5) is 4.39 Å². The molecule has 1 atom stereocenters. The Morgan fingerprint density at radius 3 is 2.95 bits per heavy atom. The second kappa shape index (κ2) is 4.99. The number of aromatic nitrogens is 1. The van der Waals surface area contributed by atoms with Crippen LogP contribution in [0.15, 0.2) is 30.6 Å². The topological polar surface area (TPSA) is 30.9 Å². The van der Waals surface area contributed by atoms with Crippen molar-refractivity contribution in [3.8, 4) is 0 Å². The van der Waals surface area contributed by atoms with E-state index < -0.39 is 0 Å². The van der Waals surface area contributed by atoms with Crippen molar-refractivity contribution < 1.29 is 4.39 Å². The van der Waals surface area contributed by atoms with Crippen LogP contribution in [-0.2, 0) is 13.0 Å². The summed E-state index contributed by atoms with van der Waals surface area (Å²) in [6.45, 7) is 0.694. The highest BCUT2D eigenvalue weighted by atomic mass is 35.5. The van der Waals surface area contributed by atoms with Crippen LogP contribution in [0.3, 0.4) is 0 Å². The first-order valence-corrected chi connectivity index (χ1v) is 6.89. The molecule has 1 heterocycles. The van der Waals surface area contributed by atoms with Crippen LogP contribution in [-0.4, -0.2) is 4.57 Å². The monoisotopic (exact) mass is 278 g/mol. The first kappa shape index (κ1) is 12.7. The van der Waals surface area contributed by atoms with Crippen LogP contribution < -0.4 is 5.73 Å². The van der Waals surface area contributed by atoms with E-state index in [0.29, 0.717) is 6.54 Å². The van der Waals surface area contributed by atoms with Crippen LogP contribution in [0.5, 0.6) is 0 Å². The van der Waals surface area contributed by atoms with Crippen LogP contribution in [0.2, 0.25) is 5.02 Å². The number of benzene rings is 1. The van der Waals surface area contributed by atoms with Gasteiger partial charge in [-0.25, -0.2) is 4.39 Å². The zero-order valence-corrected chi connectivity index (χ0v) is 11.3. The molecule has 0 saturated heterocycles. The number of nitrogens with zero attached hydrogens (tertiary/aromatic N) is 1. The second-order valence-electron chi connectivity index (χ2n) is 5.16. The van der Waals surface area contributed by atoms with Gasteiger partial charge in [-0.2, -0.15) is 0 Å². The van der Waals surface area contributed by atoms with Crippen molar-refractivity contribution in [3.05, 3.63) is 58.1 Å². The maximum absolute atomic E-state index is 13.1. The van der Waals surface area contributed by atoms with Gasteiger partial charge in [0, 0.05) is 25.0 Å². The van der Waals surface area contributed by atoms with E-state index >= 15 is 0 Å². The number of hydrogen-bond acceptors (Lipinski definition) is 1. The summed E-state index contributed by atoms with van der Waals surface area (Å²) >= 11 is 5.80. The minimum atomic E-state index is -0.376. The van der Waals surface area contributed by atoms with Crippen LogP contribution >= 0.6 is 11.6 Å².